The van der Waals surface area contributed by atoms with Gasteiger partial charge in [-0.1, -0.05) is 0 Å². The third-order valence-electron chi connectivity index (χ3n) is 5.92. The van der Waals surface area contributed by atoms with E-state index in [9.17, 15) is 4.79 Å². The Morgan fingerprint density at radius 2 is 1.86 bits per heavy atom. The second-order valence-electron chi connectivity index (χ2n) is 7.94. The third kappa shape index (κ3) is 4.28. The Morgan fingerprint density at radius 3 is 2.52 bits per heavy atom. The average Bonchev–Trinajstić information content (AvgIpc) is 3.29. The van der Waals surface area contributed by atoms with Crippen molar-refractivity contribution in [3.8, 4) is 11.4 Å². The lowest BCUT2D eigenvalue weighted by Gasteiger charge is -2.35. The molecule has 1 aromatic carbocycles. The molecular formula is C21H29N5O3. The minimum Gasteiger partial charge on any atom is -0.491 e. The van der Waals surface area contributed by atoms with Gasteiger partial charge in [-0.2, -0.15) is 9.90 Å². The maximum atomic E-state index is 13.1. The highest BCUT2D eigenvalue weighted by molar-refractivity contribution is 5.93. The molecular weight excluding hydrogens is 370 g/mol. The van der Waals surface area contributed by atoms with E-state index in [2.05, 4.69) is 15.5 Å². The van der Waals surface area contributed by atoms with Crippen LogP contribution in [0.15, 0.2) is 24.3 Å². The van der Waals surface area contributed by atoms with E-state index < -0.39 is 0 Å². The Morgan fingerprint density at radius 1 is 1.17 bits per heavy atom. The van der Waals surface area contributed by atoms with Gasteiger partial charge in [0.15, 0.2) is 5.69 Å². The van der Waals surface area contributed by atoms with Crippen molar-refractivity contribution in [3.05, 3.63) is 35.7 Å². The lowest BCUT2D eigenvalue weighted by molar-refractivity contribution is 0.0674. The Kier molecular flexibility index (Phi) is 5.82. The number of piperidine rings is 1. The van der Waals surface area contributed by atoms with Gasteiger partial charge in [0.05, 0.1) is 18.0 Å². The van der Waals surface area contributed by atoms with Crippen LogP contribution in [0, 0.1) is 6.92 Å². The van der Waals surface area contributed by atoms with E-state index >= 15 is 0 Å². The fourth-order valence-corrected chi connectivity index (χ4v) is 4.29. The van der Waals surface area contributed by atoms with Crippen LogP contribution in [-0.4, -0.2) is 71.3 Å². The first-order valence-electron chi connectivity index (χ1n) is 10.2. The smallest absolute Gasteiger partial charge is 0.276 e. The number of carbonyl (C=O) groups is 1. The first-order valence-corrected chi connectivity index (χ1v) is 10.2. The third-order valence-corrected chi connectivity index (χ3v) is 5.92. The zero-order valence-corrected chi connectivity index (χ0v) is 17.3. The lowest BCUT2D eigenvalue weighted by atomic mass is 9.98. The van der Waals surface area contributed by atoms with E-state index in [1.54, 1.807) is 7.11 Å². The van der Waals surface area contributed by atoms with Gasteiger partial charge >= 0.3 is 0 Å². The summed E-state index contributed by atoms with van der Waals surface area (Å²) in [6.45, 7) is 2.87. The highest BCUT2D eigenvalue weighted by Crippen LogP contribution is 2.30. The second kappa shape index (κ2) is 8.51. The van der Waals surface area contributed by atoms with Crippen LogP contribution < -0.4 is 10.1 Å². The van der Waals surface area contributed by atoms with Gasteiger partial charge in [-0.05, 0) is 56.9 Å². The quantitative estimate of drug-likeness (QED) is 0.717. The number of nitrogens with one attached hydrogen (secondary N) is 1. The van der Waals surface area contributed by atoms with Gasteiger partial charge in [0.1, 0.15) is 12.4 Å². The predicted octanol–water partition coefficient (Wildman–Crippen LogP) is 1.96. The molecule has 2 fully saturated rings. The summed E-state index contributed by atoms with van der Waals surface area (Å²) in [5.41, 5.74) is 1.84. The van der Waals surface area contributed by atoms with Gasteiger partial charge in [0, 0.05) is 32.3 Å². The Hall–Kier alpha value is -2.45. The Labute approximate surface area is 171 Å². The number of nitrogens with zero attached hydrogens (tertiary/aromatic N) is 4. The van der Waals surface area contributed by atoms with E-state index in [0.717, 1.165) is 24.3 Å². The topological polar surface area (TPSA) is 81.5 Å². The summed E-state index contributed by atoms with van der Waals surface area (Å²) in [6, 6.07) is 8.82. The molecule has 2 aliphatic rings. The number of methoxy groups -OCH3 is 1. The number of hydrogen-bond donors (Lipinski definition) is 1. The van der Waals surface area contributed by atoms with Gasteiger partial charge in [-0.3, -0.25) is 4.79 Å². The molecule has 1 aromatic heterocycles. The monoisotopic (exact) mass is 399 g/mol. The van der Waals surface area contributed by atoms with Crippen LogP contribution in [-0.2, 0) is 4.74 Å². The molecule has 2 atom stereocenters. The summed E-state index contributed by atoms with van der Waals surface area (Å²) in [5.74, 6) is 0.700. The minimum absolute atomic E-state index is 0.0560. The number of fused-ring (bicyclic) bond motifs is 2. The molecule has 156 valence electrons. The van der Waals surface area contributed by atoms with Crippen molar-refractivity contribution in [2.24, 2.45) is 0 Å². The molecule has 0 aliphatic carbocycles. The van der Waals surface area contributed by atoms with Gasteiger partial charge in [0.2, 0.25) is 0 Å². The number of ether oxygens (including phenoxy) is 2. The highest BCUT2D eigenvalue weighted by Gasteiger charge is 2.37. The molecule has 29 heavy (non-hydrogen) atoms. The number of carbonyl (C=O) groups excluding carboxylic acids is 1. The van der Waals surface area contributed by atoms with Crippen molar-refractivity contribution in [2.45, 2.75) is 50.7 Å². The maximum Gasteiger partial charge on any atom is 0.276 e. The number of amides is 1. The number of hydrogen-bond acceptors (Lipinski definition) is 6. The summed E-state index contributed by atoms with van der Waals surface area (Å²) >= 11 is 0. The molecule has 1 amide bonds. The van der Waals surface area contributed by atoms with Crippen molar-refractivity contribution in [2.75, 3.05) is 27.4 Å². The van der Waals surface area contributed by atoms with E-state index in [-0.39, 0.29) is 11.9 Å². The van der Waals surface area contributed by atoms with E-state index in [4.69, 9.17) is 9.47 Å². The van der Waals surface area contributed by atoms with Crippen LogP contribution in [0.2, 0.25) is 0 Å². The molecule has 4 rings (SSSR count). The zero-order valence-electron chi connectivity index (χ0n) is 17.3. The Bertz CT molecular complexity index is 839. The molecule has 3 heterocycles. The molecule has 2 aromatic rings. The summed E-state index contributed by atoms with van der Waals surface area (Å²) in [4.78, 5) is 16.5. The summed E-state index contributed by atoms with van der Waals surface area (Å²) in [6.07, 6.45) is 4.44. The molecule has 1 N–H and O–H groups in total. The van der Waals surface area contributed by atoms with Crippen molar-refractivity contribution in [1.29, 1.82) is 0 Å². The zero-order chi connectivity index (χ0) is 20.4. The molecule has 0 spiro atoms. The van der Waals surface area contributed by atoms with Crippen LogP contribution in [0.3, 0.4) is 0 Å². The molecule has 0 radical (unpaired) electrons. The molecule has 2 bridgehead atoms. The van der Waals surface area contributed by atoms with Crippen molar-refractivity contribution in [1.82, 2.24) is 25.2 Å². The van der Waals surface area contributed by atoms with E-state index in [1.807, 2.05) is 43.1 Å². The predicted molar refractivity (Wildman–Crippen MR) is 109 cm³/mol. The maximum absolute atomic E-state index is 13.1. The standard InChI is InChI=1S/C21H29N5O3/c1-14-20(21(27)25(2)18-12-15-4-5-16(13-18)22-15)24-26(23-14)17-6-8-19(9-7-17)29-11-10-28-3/h6-9,15-16,18,22H,4-5,10-13H2,1-3H3. The number of aromatic nitrogens is 3. The van der Waals surface area contributed by atoms with Gasteiger partial charge in [-0.15, -0.1) is 5.10 Å². The van der Waals surface area contributed by atoms with Crippen molar-refractivity contribution < 1.29 is 14.3 Å². The van der Waals surface area contributed by atoms with Gasteiger partial charge in [-0.25, -0.2) is 0 Å². The van der Waals surface area contributed by atoms with Gasteiger partial charge in [0.25, 0.3) is 5.91 Å². The van der Waals surface area contributed by atoms with Crippen LogP contribution in [0.25, 0.3) is 5.69 Å². The Balaban J connectivity index is 1.45. The molecule has 2 saturated heterocycles. The normalized spacial score (nSPS) is 23.2. The van der Waals surface area contributed by atoms with Crippen LogP contribution in [0.4, 0.5) is 0 Å². The van der Waals surface area contributed by atoms with Crippen LogP contribution in [0.1, 0.15) is 41.9 Å². The van der Waals surface area contributed by atoms with E-state index in [0.29, 0.717) is 36.7 Å². The average molecular weight is 399 g/mol. The van der Waals surface area contributed by atoms with Crippen molar-refractivity contribution >= 4 is 5.91 Å². The number of benzene rings is 1. The van der Waals surface area contributed by atoms with Crippen LogP contribution >= 0.6 is 0 Å². The summed E-state index contributed by atoms with van der Waals surface area (Å²) < 4.78 is 10.6. The molecule has 2 aliphatic heterocycles. The summed E-state index contributed by atoms with van der Waals surface area (Å²) in [7, 11) is 3.53. The summed E-state index contributed by atoms with van der Waals surface area (Å²) in [5, 5.41) is 12.6. The molecule has 0 saturated carbocycles. The fourth-order valence-electron chi connectivity index (χ4n) is 4.29. The molecule has 8 nitrogen and oxygen atoms in total. The van der Waals surface area contributed by atoms with Crippen molar-refractivity contribution in [3.63, 3.8) is 0 Å². The van der Waals surface area contributed by atoms with Gasteiger partial charge < -0.3 is 19.7 Å². The van der Waals surface area contributed by atoms with E-state index in [1.165, 1.54) is 17.6 Å². The fraction of sp³-hybridized carbons (Fsp3) is 0.571. The minimum atomic E-state index is -0.0560. The SMILES string of the molecule is COCCOc1ccc(-n2nc(C)c(C(=O)N(C)C3CC4CCC(C3)N4)n2)cc1. The second-order valence-corrected chi connectivity index (χ2v) is 7.94. The largest absolute Gasteiger partial charge is 0.491 e. The first-order chi connectivity index (χ1) is 14.0. The van der Waals surface area contributed by atoms with Crippen LogP contribution in [0.5, 0.6) is 5.75 Å². The highest BCUT2D eigenvalue weighted by atomic mass is 16.5. The molecule has 2 unspecified atom stereocenters. The first kappa shape index (κ1) is 19.8. The molecule has 8 heteroatoms. The number of rotatable bonds is 7. The lowest BCUT2D eigenvalue weighted by Crippen LogP contribution is -2.48. The number of aryl methyl sites for hydroxylation is 1.